The van der Waals surface area contributed by atoms with Gasteiger partial charge in [-0.3, -0.25) is 4.79 Å². The van der Waals surface area contributed by atoms with Crippen LogP contribution in [0.1, 0.15) is 15.9 Å². The highest BCUT2D eigenvalue weighted by Gasteiger charge is 2.13. The molecule has 4 aromatic rings. The smallest absolute Gasteiger partial charge is 0.257 e. The Labute approximate surface area is 159 Å². The quantitative estimate of drug-likeness (QED) is 0.485. The molecule has 1 N–H and O–H groups in total. The lowest BCUT2D eigenvalue weighted by Crippen LogP contribution is -2.12. The van der Waals surface area contributed by atoms with Gasteiger partial charge in [-0.2, -0.15) is 0 Å². The van der Waals surface area contributed by atoms with Crippen LogP contribution < -0.4 is 5.32 Å². The van der Waals surface area contributed by atoms with E-state index in [1.807, 2.05) is 13.0 Å². The lowest BCUT2D eigenvalue weighted by atomic mass is 10.1. The van der Waals surface area contributed by atoms with E-state index in [2.05, 4.69) is 10.3 Å². The molecule has 0 fully saturated rings. The van der Waals surface area contributed by atoms with Crippen LogP contribution in [0.15, 0.2) is 65.1 Å². The number of aryl methyl sites for hydroxylation is 1. The topological polar surface area (TPSA) is 55.1 Å². The van der Waals surface area contributed by atoms with Crippen LogP contribution in [0.25, 0.3) is 22.6 Å². The van der Waals surface area contributed by atoms with Gasteiger partial charge in [0.25, 0.3) is 5.91 Å². The number of nitrogens with zero attached hydrogens (tertiary/aromatic N) is 1. The van der Waals surface area contributed by atoms with Gasteiger partial charge in [0.1, 0.15) is 11.3 Å². The number of fused-ring (bicyclic) bond motifs is 1. The van der Waals surface area contributed by atoms with Crippen molar-refractivity contribution in [1.29, 1.82) is 0 Å². The molecule has 27 heavy (non-hydrogen) atoms. The molecule has 0 spiro atoms. The number of rotatable bonds is 3. The number of amides is 1. The molecule has 0 aliphatic carbocycles. The van der Waals surface area contributed by atoms with E-state index in [-0.39, 0.29) is 11.7 Å². The third-order valence-corrected chi connectivity index (χ3v) is 4.40. The number of aromatic nitrogens is 1. The standard InChI is InChI=1S/C21H14ClFN2O2/c1-12-5-7-16(17(22)9-12)20(26)24-15-6-8-19-18(11-15)25-21(27-19)13-3-2-4-14(23)10-13/h2-11H,1H3,(H,24,26). The lowest BCUT2D eigenvalue weighted by Gasteiger charge is -2.07. The number of carbonyl (C=O) groups is 1. The second kappa shape index (κ2) is 6.85. The van der Waals surface area contributed by atoms with Gasteiger partial charge in [0, 0.05) is 11.3 Å². The molecule has 0 aliphatic rings. The average Bonchev–Trinajstić information content (AvgIpc) is 3.05. The highest BCUT2D eigenvalue weighted by molar-refractivity contribution is 6.34. The van der Waals surface area contributed by atoms with Crippen LogP contribution in [-0.2, 0) is 0 Å². The van der Waals surface area contributed by atoms with E-state index in [0.717, 1.165) is 5.56 Å². The molecule has 134 valence electrons. The Morgan fingerprint density at radius 1 is 1.11 bits per heavy atom. The van der Waals surface area contributed by atoms with E-state index in [1.54, 1.807) is 42.5 Å². The van der Waals surface area contributed by atoms with Gasteiger partial charge >= 0.3 is 0 Å². The molecule has 6 heteroatoms. The molecule has 1 aromatic heterocycles. The molecule has 0 aliphatic heterocycles. The highest BCUT2D eigenvalue weighted by Crippen LogP contribution is 2.27. The Morgan fingerprint density at radius 2 is 1.96 bits per heavy atom. The zero-order valence-electron chi connectivity index (χ0n) is 14.3. The first-order valence-corrected chi connectivity index (χ1v) is 8.61. The van der Waals surface area contributed by atoms with E-state index < -0.39 is 0 Å². The average molecular weight is 381 g/mol. The van der Waals surface area contributed by atoms with Gasteiger partial charge in [0.15, 0.2) is 5.58 Å². The van der Waals surface area contributed by atoms with Crippen molar-refractivity contribution in [2.75, 3.05) is 5.32 Å². The number of benzene rings is 3. The molecule has 0 saturated carbocycles. The first-order valence-electron chi connectivity index (χ1n) is 8.23. The van der Waals surface area contributed by atoms with Gasteiger partial charge in [-0.05, 0) is 61.0 Å². The molecule has 4 rings (SSSR count). The first-order chi connectivity index (χ1) is 13.0. The summed E-state index contributed by atoms with van der Waals surface area (Å²) in [7, 11) is 0. The van der Waals surface area contributed by atoms with E-state index in [9.17, 15) is 9.18 Å². The fourth-order valence-corrected chi connectivity index (χ4v) is 3.07. The minimum Gasteiger partial charge on any atom is -0.436 e. The number of carbonyl (C=O) groups excluding carboxylic acids is 1. The molecule has 0 saturated heterocycles. The summed E-state index contributed by atoms with van der Waals surface area (Å²) in [6, 6.07) is 16.4. The fraction of sp³-hybridized carbons (Fsp3) is 0.0476. The minimum absolute atomic E-state index is 0.312. The molecular formula is C21H14ClFN2O2. The second-order valence-electron chi connectivity index (χ2n) is 6.15. The highest BCUT2D eigenvalue weighted by atomic mass is 35.5. The number of anilines is 1. The lowest BCUT2D eigenvalue weighted by molar-refractivity contribution is 0.102. The zero-order chi connectivity index (χ0) is 19.0. The maximum atomic E-state index is 13.4. The molecule has 0 unspecified atom stereocenters. The van der Waals surface area contributed by atoms with Crippen LogP contribution in [0, 0.1) is 12.7 Å². The van der Waals surface area contributed by atoms with Crippen molar-refractivity contribution >= 4 is 34.3 Å². The Bertz CT molecular complexity index is 1170. The predicted octanol–water partition coefficient (Wildman–Crippen LogP) is 5.85. The largest absolute Gasteiger partial charge is 0.436 e. The SMILES string of the molecule is Cc1ccc(C(=O)Nc2ccc3oc(-c4cccc(F)c4)nc3c2)c(Cl)c1. The van der Waals surface area contributed by atoms with Crippen molar-refractivity contribution in [3.63, 3.8) is 0 Å². The number of nitrogens with one attached hydrogen (secondary N) is 1. The van der Waals surface area contributed by atoms with Gasteiger partial charge < -0.3 is 9.73 Å². The van der Waals surface area contributed by atoms with Gasteiger partial charge in [0.2, 0.25) is 5.89 Å². The molecular weight excluding hydrogens is 367 g/mol. The zero-order valence-corrected chi connectivity index (χ0v) is 15.0. The van der Waals surface area contributed by atoms with Crippen LogP contribution in [0.2, 0.25) is 5.02 Å². The number of hydrogen-bond donors (Lipinski definition) is 1. The molecule has 0 bridgehead atoms. The first kappa shape index (κ1) is 17.2. The van der Waals surface area contributed by atoms with E-state index in [0.29, 0.717) is 38.8 Å². The molecule has 1 amide bonds. The van der Waals surface area contributed by atoms with E-state index in [4.69, 9.17) is 16.0 Å². The summed E-state index contributed by atoms with van der Waals surface area (Å²) in [5.41, 5.74) is 3.57. The number of hydrogen-bond acceptors (Lipinski definition) is 3. The Balaban J connectivity index is 1.62. The van der Waals surface area contributed by atoms with Crippen LogP contribution in [0.4, 0.5) is 10.1 Å². The monoisotopic (exact) mass is 380 g/mol. The second-order valence-corrected chi connectivity index (χ2v) is 6.56. The van der Waals surface area contributed by atoms with Crippen molar-refractivity contribution in [3.8, 4) is 11.5 Å². The Hall–Kier alpha value is -3.18. The third kappa shape index (κ3) is 3.55. The number of halogens is 2. The van der Waals surface area contributed by atoms with Gasteiger partial charge in [-0.15, -0.1) is 0 Å². The predicted molar refractivity (Wildman–Crippen MR) is 104 cm³/mol. The summed E-state index contributed by atoms with van der Waals surface area (Å²) >= 11 is 6.15. The van der Waals surface area contributed by atoms with Gasteiger partial charge in [0.05, 0.1) is 10.6 Å². The fourth-order valence-electron chi connectivity index (χ4n) is 2.75. The Kier molecular flexibility index (Phi) is 4.38. The summed E-state index contributed by atoms with van der Waals surface area (Å²) in [4.78, 5) is 16.8. The minimum atomic E-state index is -0.363. The van der Waals surface area contributed by atoms with Gasteiger partial charge in [-0.25, -0.2) is 9.37 Å². The van der Waals surface area contributed by atoms with Crippen molar-refractivity contribution in [2.45, 2.75) is 6.92 Å². The van der Waals surface area contributed by atoms with Crippen LogP contribution >= 0.6 is 11.6 Å². The summed E-state index contributed by atoms with van der Waals surface area (Å²) in [5, 5.41) is 3.20. The maximum Gasteiger partial charge on any atom is 0.257 e. The number of oxazole rings is 1. The van der Waals surface area contributed by atoms with E-state index in [1.165, 1.54) is 12.1 Å². The van der Waals surface area contributed by atoms with Crippen molar-refractivity contribution in [3.05, 3.63) is 82.6 Å². The molecule has 0 atom stereocenters. The third-order valence-electron chi connectivity index (χ3n) is 4.09. The summed E-state index contributed by atoms with van der Waals surface area (Å²) < 4.78 is 19.1. The molecule has 3 aromatic carbocycles. The summed E-state index contributed by atoms with van der Waals surface area (Å²) in [6.07, 6.45) is 0. The van der Waals surface area contributed by atoms with E-state index >= 15 is 0 Å². The Morgan fingerprint density at radius 3 is 2.74 bits per heavy atom. The van der Waals surface area contributed by atoms with Crippen LogP contribution in [0.5, 0.6) is 0 Å². The van der Waals surface area contributed by atoms with Crippen LogP contribution in [-0.4, -0.2) is 10.9 Å². The van der Waals surface area contributed by atoms with Crippen LogP contribution in [0.3, 0.4) is 0 Å². The van der Waals surface area contributed by atoms with Crippen molar-refractivity contribution in [1.82, 2.24) is 4.98 Å². The van der Waals surface area contributed by atoms with Gasteiger partial charge in [-0.1, -0.05) is 23.7 Å². The summed E-state index contributed by atoms with van der Waals surface area (Å²) in [6.45, 7) is 1.91. The molecule has 0 radical (unpaired) electrons. The normalized spacial score (nSPS) is 10.9. The molecule has 4 nitrogen and oxygen atoms in total. The molecule has 1 heterocycles. The maximum absolute atomic E-state index is 13.4. The van der Waals surface area contributed by atoms with Crippen molar-refractivity contribution < 1.29 is 13.6 Å². The van der Waals surface area contributed by atoms with Crippen molar-refractivity contribution in [2.24, 2.45) is 0 Å². The summed E-state index contributed by atoms with van der Waals surface area (Å²) in [5.74, 6) is -0.361.